The fourth-order valence-corrected chi connectivity index (χ4v) is 0.361. The maximum Gasteiger partial charge on any atom is 0.0967 e. The summed E-state index contributed by atoms with van der Waals surface area (Å²) < 4.78 is 4.62. The lowest BCUT2D eigenvalue weighted by Gasteiger charge is -2.00. The molecule has 0 saturated heterocycles. The van der Waals surface area contributed by atoms with Crippen molar-refractivity contribution in [2.24, 2.45) is 0 Å². The molecule has 1 aliphatic heterocycles. The fraction of sp³-hybridized carbons (Fsp3) is 0.200. The van der Waals surface area contributed by atoms with Gasteiger partial charge in [0.2, 0.25) is 0 Å². The summed E-state index contributed by atoms with van der Waals surface area (Å²) in [6, 6.07) is 0. The summed E-state index contributed by atoms with van der Waals surface area (Å²) in [5.41, 5.74) is 0. The van der Waals surface area contributed by atoms with Crippen LogP contribution in [0.25, 0.3) is 0 Å². The van der Waals surface area contributed by atoms with Gasteiger partial charge in [0.15, 0.2) is 0 Å². The molecule has 2 nitrogen and oxygen atoms in total. The molecular formula is C5H6O2. The molecule has 1 heterocycles. The molecule has 0 aliphatic carbocycles. The van der Waals surface area contributed by atoms with Crippen LogP contribution in [0.15, 0.2) is 24.7 Å². The van der Waals surface area contributed by atoms with Gasteiger partial charge in [-0.25, -0.2) is 0 Å². The van der Waals surface area contributed by atoms with Crippen molar-refractivity contribution in [2.45, 2.75) is 6.10 Å². The Kier molecular flexibility index (Phi) is 1.13. The van der Waals surface area contributed by atoms with E-state index < -0.39 is 6.10 Å². The number of rotatable bonds is 0. The molecule has 0 fully saturated rings. The van der Waals surface area contributed by atoms with E-state index in [0.717, 1.165) is 0 Å². The van der Waals surface area contributed by atoms with Crippen molar-refractivity contribution in [1.82, 2.24) is 0 Å². The van der Waals surface area contributed by atoms with Crippen molar-refractivity contribution >= 4 is 0 Å². The standard InChI is InChI=1S/C5H6O2/c6-5-1-3-7-4-2-5/h1-6H. The van der Waals surface area contributed by atoms with Gasteiger partial charge < -0.3 is 9.84 Å². The van der Waals surface area contributed by atoms with E-state index in [2.05, 4.69) is 4.74 Å². The summed E-state index contributed by atoms with van der Waals surface area (Å²) in [5, 5.41) is 8.66. The van der Waals surface area contributed by atoms with E-state index in [9.17, 15) is 0 Å². The lowest BCUT2D eigenvalue weighted by molar-refractivity contribution is 0.250. The van der Waals surface area contributed by atoms with Crippen molar-refractivity contribution in [3.8, 4) is 0 Å². The molecule has 0 bridgehead atoms. The Balaban J connectivity index is 2.49. The molecule has 0 unspecified atom stereocenters. The molecule has 1 rings (SSSR count). The van der Waals surface area contributed by atoms with Crippen molar-refractivity contribution in [1.29, 1.82) is 0 Å². The van der Waals surface area contributed by atoms with Gasteiger partial charge in [-0.15, -0.1) is 0 Å². The summed E-state index contributed by atoms with van der Waals surface area (Å²) in [6.07, 6.45) is 5.56. The first-order valence-electron chi connectivity index (χ1n) is 2.06. The number of aliphatic hydroxyl groups is 1. The van der Waals surface area contributed by atoms with Crippen LogP contribution in [0.4, 0.5) is 0 Å². The smallest absolute Gasteiger partial charge is 0.0967 e. The second-order valence-electron chi connectivity index (χ2n) is 1.28. The Bertz CT molecular complexity index is 92.6. The van der Waals surface area contributed by atoms with Gasteiger partial charge in [0.1, 0.15) is 0 Å². The average molecular weight is 98.1 g/mol. The zero-order valence-electron chi connectivity index (χ0n) is 3.74. The van der Waals surface area contributed by atoms with Crippen LogP contribution >= 0.6 is 0 Å². The van der Waals surface area contributed by atoms with Crippen LogP contribution in [-0.4, -0.2) is 11.2 Å². The van der Waals surface area contributed by atoms with E-state index >= 15 is 0 Å². The van der Waals surface area contributed by atoms with Crippen LogP contribution in [0.1, 0.15) is 0 Å². The van der Waals surface area contributed by atoms with Gasteiger partial charge in [-0.05, 0) is 12.2 Å². The predicted molar refractivity (Wildman–Crippen MR) is 25.4 cm³/mol. The number of hydrogen-bond donors (Lipinski definition) is 1. The third-order valence-electron chi connectivity index (χ3n) is 0.709. The topological polar surface area (TPSA) is 29.5 Å². The average Bonchev–Trinajstić information content (AvgIpc) is 1.69. The lowest BCUT2D eigenvalue weighted by atomic mass is 10.3. The van der Waals surface area contributed by atoms with E-state index in [1.54, 1.807) is 12.2 Å². The number of hydrogen-bond acceptors (Lipinski definition) is 2. The second-order valence-corrected chi connectivity index (χ2v) is 1.28. The Hall–Kier alpha value is -0.760. The molecule has 0 aromatic heterocycles. The first kappa shape index (κ1) is 4.40. The molecule has 2 heteroatoms. The third-order valence-corrected chi connectivity index (χ3v) is 0.709. The second kappa shape index (κ2) is 1.80. The maximum absolute atomic E-state index is 8.66. The van der Waals surface area contributed by atoms with E-state index in [-0.39, 0.29) is 0 Å². The highest BCUT2D eigenvalue weighted by Gasteiger charge is 1.92. The molecule has 1 aliphatic rings. The molecule has 0 atom stereocenters. The van der Waals surface area contributed by atoms with Gasteiger partial charge in [0.25, 0.3) is 0 Å². The Morgan fingerprint density at radius 2 is 1.86 bits per heavy atom. The Morgan fingerprint density at radius 3 is 2.14 bits per heavy atom. The van der Waals surface area contributed by atoms with Crippen LogP contribution in [0.2, 0.25) is 0 Å². The fourth-order valence-electron chi connectivity index (χ4n) is 0.361. The van der Waals surface area contributed by atoms with Gasteiger partial charge in [0, 0.05) is 0 Å². The normalized spacial score (nSPS) is 19.6. The highest BCUT2D eigenvalue weighted by atomic mass is 16.5. The van der Waals surface area contributed by atoms with E-state index in [1.807, 2.05) is 0 Å². The van der Waals surface area contributed by atoms with E-state index in [4.69, 9.17) is 5.11 Å². The van der Waals surface area contributed by atoms with Gasteiger partial charge >= 0.3 is 0 Å². The third kappa shape index (κ3) is 1.05. The monoisotopic (exact) mass is 98.0 g/mol. The summed E-state index contributed by atoms with van der Waals surface area (Å²) >= 11 is 0. The molecule has 0 saturated carbocycles. The minimum atomic E-state index is -0.450. The minimum Gasteiger partial charge on any atom is -0.473 e. The largest absolute Gasteiger partial charge is 0.473 e. The van der Waals surface area contributed by atoms with Crippen LogP contribution < -0.4 is 0 Å². The first-order valence-corrected chi connectivity index (χ1v) is 2.06. The van der Waals surface area contributed by atoms with Crippen molar-refractivity contribution in [2.75, 3.05) is 0 Å². The van der Waals surface area contributed by atoms with E-state index in [0.29, 0.717) is 0 Å². The molecule has 0 aromatic carbocycles. The summed E-state index contributed by atoms with van der Waals surface area (Å²) in [4.78, 5) is 0. The number of aliphatic hydroxyl groups excluding tert-OH is 1. The SMILES string of the molecule is OC1C=COC=C1. The molecule has 38 valence electrons. The minimum absolute atomic E-state index is 0.450. The van der Waals surface area contributed by atoms with Crippen LogP contribution in [0.5, 0.6) is 0 Å². The van der Waals surface area contributed by atoms with Crippen LogP contribution in [0, 0.1) is 0 Å². The predicted octanol–water partition coefficient (Wildman–Crippen LogP) is 0.405. The Labute approximate surface area is 41.7 Å². The molecule has 0 radical (unpaired) electrons. The van der Waals surface area contributed by atoms with Crippen molar-refractivity contribution in [3.63, 3.8) is 0 Å². The van der Waals surface area contributed by atoms with Crippen LogP contribution in [-0.2, 0) is 4.74 Å². The highest BCUT2D eigenvalue weighted by Crippen LogP contribution is 1.95. The molecule has 0 amide bonds. The zero-order valence-corrected chi connectivity index (χ0v) is 3.74. The van der Waals surface area contributed by atoms with Crippen molar-refractivity contribution < 1.29 is 9.84 Å². The summed E-state index contributed by atoms with van der Waals surface area (Å²) in [6.45, 7) is 0. The maximum atomic E-state index is 8.66. The molecule has 7 heavy (non-hydrogen) atoms. The molecule has 1 N–H and O–H groups in total. The Morgan fingerprint density at radius 1 is 1.29 bits per heavy atom. The van der Waals surface area contributed by atoms with Gasteiger partial charge in [-0.1, -0.05) is 0 Å². The summed E-state index contributed by atoms with van der Waals surface area (Å²) in [5.74, 6) is 0. The van der Waals surface area contributed by atoms with Crippen molar-refractivity contribution in [3.05, 3.63) is 24.7 Å². The lowest BCUT2D eigenvalue weighted by Crippen LogP contribution is -1.98. The first-order chi connectivity index (χ1) is 3.39. The van der Waals surface area contributed by atoms with Gasteiger partial charge in [0.05, 0.1) is 18.6 Å². The quantitative estimate of drug-likeness (QED) is 0.475. The van der Waals surface area contributed by atoms with Crippen LogP contribution in [0.3, 0.4) is 0 Å². The number of ether oxygens (including phenoxy) is 1. The highest BCUT2D eigenvalue weighted by molar-refractivity contribution is 5.01. The van der Waals surface area contributed by atoms with Gasteiger partial charge in [-0.2, -0.15) is 0 Å². The molecule has 0 spiro atoms. The molecule has 0 aromatic rings. The molecular weight excluding hydrogens is 92.1 g/mol. The van der Waals surface area contributed by atoms with E-state index in [1.165, 1.54) is 12.5 Å². The zero-order chi connectivity index (χ0) is 5.11. The summed E-state index contributed by atoms with van der Waals surface area (Å²) in [7, 11) is 0. The van der Waals surface area contributed by atoms with Gasteiger partial charge in [-0.3, -0.25) is 0 Å².